The molecule has 4 nitrogen and oxygen atoms in total. The lowest BCUT2D eigenvalue weighted by atomic mass is 9.64. The topological polar surface area (TPSA) is 51.1 Å². The van der Waals surface area contributed by atoms with Gasteiger partial charge in [-0.1, -0.05) is 36.8 Å². The van der Waals surface area contributed by atoms with Gasteiger partial charge in [-0.3, -0.25) is 9.59 Å². The molecule has 7 heteroatoms. The van der Waals surface area contributed by atoms with Gasteiger partial charge in [0, 0.05) is 24.2 Å². The summed E-state index contributed by atoms with van der Waals surface area (Å²) in [6.07, 6.45) is -0.924. The second kappa shape index (κ2) is 6.97. The molecule has 1 fully saturated rings. The largest absolute Gasteiger partial charge is 0.417 e. The fourth-order valence-electron chi connectivity index (χ4n) is 3.26. The van der Waals surface area contributed by atoms with Gasteiger partial charge in [0.1, 0.15) is 6.54 Å². The van der Waals surface area contributed by atoms with Gasteiger partial charge in [-0.05, 0) is 24.5 Å². The molecule has 0 atom stereocenters. The number of rotatable bonds is 5. The van der Waals surface area contributed by atoms with Gasteiger partial charge >= 0.3 is 6.18 Å². The molecular formula is C19H19F3N2O2. The van der Waals surface area contributed by atoms with Gasteiger partial charge in [0.15, 0.2) is 0 Å². The lowest BCUT2D eigenvalue weighted by Crippen LogP contribution is -2.46. The summed E-state index contributed by atoms with van der Waals surface area (Å²) < 4.78 is 39.1. The molecule has 0 spiro atoms. The smallest absolute Gasteiger partial charge is 0.354 e. The molecule has 1 N–H and O–H groups in total. The minimum absolute atomic E-state index is 0.129. The van der Waals surface area contributed by atoms with Gasteiger partial charge in [0.05, 0.1) is 5.56 Å². The van der Waals surface area contributed by atoms with Crippen LogP contribution < -0.4 is 10.9 Å². The quantitative estimate of drug-likeness (QED) is 0.886. The van der Waals surface area contributed by atoms with Gasteiger partial charge in [-0.25, -0.2) is 0 Å². The Morgan fingerprint density at radius 1 is 1.12 bits per heavy atom. The molecule has 0 aliphatic heterocycles. The van der Waals surface area contributed by atoms with Gasteiger partial charge in [0.2, 0.25) is 5.91 Å². The van der Waals surface area contributed by atoms with Crippen LogP contribution in [0.1, 0.15) is 30.4 Å². The highest BCUT2D eigenvalue weighted by molar-refractivity contribution is 5.75. The number of alkyl halides is 3. The Kier molecular flexibility index (Phi) is 4.89. The van der Waals surface area contributed by atoms with E-state index in [1.165, 1.54) is 0 Å². The molecule has 1 aliphatic rings. The fourth-order valence-corrected chi connectivity index (χ4v) is 3.26. The summed E-state index contributed by atoms with van der Waals surface area (Å²) in [4.78, 5) is 23.9. The van der Waals surface area contributed by atoms with Gasteiger partial charge in [-0.2, -0.15) is 13.2 Å². The minimum Gasteiger partial charge on any atom is -0.354 e. The molecule has 1 saturated carbocycles. The first-order valence-corrected chi connectivity index (χ1v) is 8.40. The van der Waals surface area contributed by atoms with E-state index < -0.39 is 29.8 Å². The van der Waals surface area contributed by atoms with Crippen molar-refractivity contribution >= 4 is 5.91 Å². The number of halogens is 3. The zero-order valence-electron chi connectivity index (χ0n) is 14.1. The van der Waals surface area contributed by atoms with E-state index in [0.29, 0.717) is 12.7 Å². The molecule has 138 valence electrons. The number of hydrogen-bond acceptors (Lipinski definition) is 2. The summed E-state index contributed by atoms with van der Waals surface area (Å²) in [6, 6.07) is 11.4. The zero-order chi connectivity index (χ0) is 18.8. The number of carbonyl (C=O) groups excluding carboxylic acids is 1. The first kappa shape index (κ1) is 18.2. The maximum Gasteiger partial charge on any atom is 0.417 e. The Labute approximate surface area is 148 Å². The number of hydrogen-bond donors (Lipinski definition) is 1. The number of pyridine rings is 1. The average molecular weight is 364 g/mol. The SMILES string of the molecule is O=C(Cn1cc(C(F)(F)F)ccc1=O)NCC1(c2ccccc2)CCC1. The van der Waals surface area contributed by atoms with Crippen molar-refractivity contribution in [3.63, 3.8) is 0 Å². The molecule has 3 rings (SSSR count). The van der Waals surface area contributed by atoms with Crippen LogP contribution in [0.4, 0.5) is 13.2 Å². The van der Waals surface area contributed by atoms with Crippen LogP contribution in [0.2, 0.25) is 0 Å². The Morgan fingerprint density at radius 3 is 2.38 bits per heavy atom. The van der Waals surface area contributed by atoms with E-state index in [2.05, 4.69) is 5.32 Å². The molecule has 26 heavy (non-hydrogen) atoms. The summed E-state index contributed by atoms with van der Waals surface area (Å²) in [5, 5.41) is 2.78. The van der Waals surface area contributed by atoms with Crippen molar-refractivity contribution in [2.24, 2.45) is 0 Å². The number of nitrogens with zero attached hydrogens (tertiary/aromatic N) is 1. The summed E-state index contributed by atoms with van der Waals surface area (Å²) >= 11 is 0. The first-order chi connectivity index (χ1) is 12.3. The van der Waals surface area contributed by atoms with Crippen LogP contribution in [0, 0.1) is 0 Å². The Hall–Kier alpha value is -2.57. The predicted molar refractivity (Wildman–Crippen MR) is 90.7 cm³/mol. The molecule has 1 aliphatic carbocycles. The van der Waals surface area contributed by atoms with Gasteiger partial charge < -0.3 is 9.88 Å². The van der Waals surface area contributed by atoms with Crippen LogP contribution in [-0.4, -0.2) is 17.0 Å². The Bertz CT molecular complexity index is 840. The van der Waals surface area contributed by atoms with Crippen LogP contribution in [0.25, 0.3) is 0 Å². The molecule has 1 amide bonds. The van der Waals surface area contributed by atoms with E-state index in [1.807, 2.05) is 30.3 Å². The van der Waals surface area contributed by atoms with E-state index in [-0.39, 0.29) is 5.41 Å². The van der Waals surface area contributed by atoms with E-state index in [0.717, 1.165) is 41.5 Å². The van der Waals surface area contributed by atoms with Gasteiger partial charge in [0.25, 0.3) is 5.56 Å². The van der Waals surface area contributed by atoms with Crippen molar-refractivity contribution in [1.82, 2.24) is 9.88 Å². The molecule has 0 unspecified atom stereocenters. The highest BCUT2D eigenvalue weighted by Crippen LogP contribution is 2.43. The summed E-state index contributed by atoms with van der Waals surface area (Å²) in [5.41, 5.74) is -0.586. The van der Waals surface area contributed by atoms with Crippen LogP contribution in [0.5, 0.6) is 0 Å². The Morgan fingerprint density at radius 2 is 1.81 bits per heavy atom. The average Bonchev–Trinajstić information content (AvgIpc) is 2.56. The lowest BCUT2D eigenvalue weighted by Gasteiger charge is -2.42. The van der Waals surface area contributed by atoms with Crippen LogP contribution in [-0.2, 0) is 22.9 Å². The van der Waals surface area contributed by atoms with Crippen LogP contribution in [0.3, 0.4) is 0 Å². The molecule has 0 radical (unpaired) electrons. The monoisotopic (exact) mass is 364 g/mol. The summed E-state index contributed by atoms with van der Waals surface area (Å²) in [5.74, 6) is -0.478. The van der Waals surface area contributed by atoms with Crippen molar-refractivity contribution in [3.05, 3.63) is 70.1 Å². The lowest BCUT2D eigenvalue weighted by molar-refractivity contribution is -0.138. The molecule has 2 aromatic rings. The molecule has 1 aromatic carbocycles. The van der Waals surface area contributed by atoms with Crippen LogP contribution in [0.15, 0.2) is 53.5 Å². The summed E-state index contributed by atoms with van der Waals surface area (Å²) in [7, 11) is 0. The maximum atomic E-state index is 12.8. The number of amides is 1. The van der Waals surface area contributed by atoms with Crippen LogP contribution >= 0.6 is 0 Å². The van der Waals surface area contributed by atoms with Crippen molar-refractivity contribution in [2.75, 3.05) is 6.54 Å². The van der Waals surface area contributed by atoms with E-state index >= 15 is 0 Å². The fraction of sp³-hybridized carbons (Fsp3) is 0.368. The second-order valence-corrected chi connectivity index (χ2v) is 6.66. The van der Waals surface area contributed by atoms with Crippen molar-refractivity contribution in [1.29, 1.82) is 0 Å². The van der Waals surface area contributed by atoms with Crippen molar-refractivity contribution in [3.8, 4) is 0 Å². The van der Waals surface area contributed by atoms with Crippen molar-refractivity contribution in [2.45, 2.75) is 37.4 Å². The Balaban J connectivity index is 1.67. The normalized spacial score (nSPS) is 16.0. The van der Waals surface area contributed by atoms with E-state index in [4.69, 9.17) is 0 Å². The third-order valence-corrected chi connectivity index (χ3v) is 4.95. The molecule has 1 aromatic heterocycles. The number of benzene rings is 1. The minimum atomic E-state index is -4.56. The second-order valence-electron chi connectivity index (χ2n) is 6.66. The maximum absolute atomic E-state index is 12.8. The molecule has 1 heterocycles. The predicted octanol–water partition coefficient (Wildman–Crippen LogP) is 3.11. The number of aromatic nitrogens is 1. The highest BCUT2D eigenvalue weighted by Gasteiger charge is 2.38. The molecule has 0 saturated heterocycles. The zero-order valence-corrected chi connectivity index (χ0v) is 14.1. The molecule has 0 bridgehead atoms. The van der Waals surface area contributed by atoms with Gasteiger partial charge in [-0.15, -0.1) is 0 Å². The third-order valence-electron chi connectivity index (χ3n) is 4.95. The number of nitrogens with one attached hydrogen (secondary N) is 1. The van der Waals surface area contributed by atoms with E-state index in [1.54, 1.807) is 0 Å². The first-order valence-electron chi connectivity index (χ1n) is 8.40. The van der Waals surface area contributed by atoms with Crippen molar-refractivity contribution < 1.29 is 18.0 Å². The number of carbonyl (C=O) groups is 1. The highest BCUT2D eigenvalue weighted by atomic mass is 19.4. The summed E-state index contributed by atoms with van der Waals surface area (Å²) in [6.45, 7) is -0.0306. The third kappa shape index (κ3) is 3.81. The van der Waals surface area contributed by atoms with E-state index in [9.17, 15) is 22.8 Å². The molecular weight excluding hydrogens is 345 g/mol. The standard InChI is InChI=1S/C19H19F3N2O2/c20-19(21,22)15-7-8-17(26)24(11-15)12-16(25)23-13-18(9-4-10-18)14-5-2-1-3-6-14/h1-3,5-8,11H,4,9-10,12-13H2,(H,23,25).